The minimum absolute atomic E-state index is 1.08. The van der Waals surface area contributed by atoms with Gasteiger partial charge in [-0.05, 0) is 108 Å². The molecule has 0 N–H and O–H groups in total. The monoisotopic (exact) mass is 801 g/mol. The molecule has 11 rings (SSSR count). The van der Waals surface area contributed by atoms with Crippen molar-refractivity contribution in [1.29, 1.82) is 0 Å². The molecule has 0 atom stereocenters. The van der Waals surface area contributed by atoms with Crippen LogP contribution in [0.2, 0.25) is 0 Å². The second-order valence-electron chi connectivity index (χ2n) is 16.0. The number of benzene rings is 11. The zero-order valence-corrected chi connectivity index (χ0v) is 34.8. The van der Waals surface area contributed by atoms with Crippen LogP contribution in [0.4, 0.5) is 17.1 Å². The average Bonchev–Trinajstić information content (AvgIpc) is 3.37. The molecule has 0 saturated heterocycles. The quantitative estimate of drug-likeness (QED) is 0.131. The van der Waals surface area contributed by atoms with Crippen LogP contribution in [-0.4, -0.2) is 0 Å². The second-order valence-corrected chi connectivity index (χ2v) is 16.0. The Morgan fingerprint density at radius 3 is 1.25 bits per heavy atom. The fourth-order valence-electron chi connectivity index (χ4n) is 9.41. The van der Waals surface area contributed by atoms with Crippen LogP contribution in [0.5, 0.6) is 0 Å². The van der Waals surface area contributed by atoms with Crippen LogP contribution in [0, 0.1) is 0 Å². The highest BCUT2D eigenvalue weighted by atomic mass is 15.1. The van der Waals surface area contributed by atoms with Crippen LogP contribution in [-0.2, 0) is 0 Å². The maximum Gasteiger partial charge on any atom is 0.0540 e. The number of fused-ring (bicyclic) bond motifs is 3. The van der Waals surface area contributed by atoms with E-state index in [2.05, 4.69) is 266 Å². The summed E-state index contributed by atoms with van der Waals surface area (Å²) in [5, 5.41) is 4.99. The van der Waals surface area contributed by atoms with Gasteiger partial charge in [0.25, 0.3) is 0 Å². The first kappa shape index (κ1) is 37.7. The fraction of sp³-hybridized carbons (Fsp3) is 0. The molecule has 11 aromatic rings. The normalized spacial score (nSPS) is 11.2. The van der Waals surface area contributed by atoms with E-state index in [1.807, 2.05) is 0 Å². The van der Waals surface area contributed by atoms with Crippen molar-refractivity contribution in [3.63, 3.8) is 0 Å². The molecule has 0 heterocycles. The molecule has 0 saturated carbocycles. The summed E-state index contributed by atoms with van der Waals surface area (Å²) < 4.78 is 0. The molecule has 0 spiro atoms. The Morgan fingerprint density at radius 1 is 0.222 bits per heavy atom. The lowest BCUT2D eigenvalue weighted by Crippen LogP contribution is -2.12. The van der Waals surface area contributed by atoms with Gasteiger partial charge in [-0.25, -0.2) is 0 Å². The van der Waals surface area contributed by atoms with E-state index in [1.54, 1.807) is 0 Å². The van der Waals surface area contributed by atoms with Gasteiger partial charge in [0.1, 0.15) is 0 Å². The molecule has 1 heteroatoms. The lowest BCUT2D eigenvalue weighted by molar-refractivity contribution is 1.28. The highest BCUT2D eigenvalue weighted by Crippen LogP contribution is 2.49. The SMILES string of the molecule is c1ccc(-c2ccc(N(c3ccc(-c4cccc5c(-c6ccccc6)c(-c6ccccc6)c6ccccc6c45)cc3)c3ccccc3-c3ccccc3)c(-c3ccccc3)c2)cc1. The third kappa shape index (κ3) is 7.06. The minimum atomic E-state index is 1.08. The number of anilines is 3. The summed E-state index contributed by atoms with van der Waals surface area (Å²) in [6, 6.07) is 94.6. The van der Waals surface area contributed by atoms with Crippen LogP contribution >= 0.6 is 0 Å². The molecular formula is C62H43N. The van der Waals surface area contributed by atoms with Gasteiger partial charge in [-0.15, -0.1) is 0 Å². The molecule has 296 valence electrons. The summed E-state index contributed by atoms with van der Waals surface area (Å²) in [5.74, 6) is 0. The zero-order valence-electron chi connectivity index (χ0n) is 34.8. The number of rotatable bonds is 9. The Hall–Kier alpha value is -8.26. The molecule has 0 radical (unpaired) electrons. The van der Waals surface area contributed by atoms with Gasteiger partial charge in [0.05, 0.1) is 11.4 Å². The Bertz CT molecular complexity index is 3340. The predicted molar refractivity (Wildman–Crippen MR) is 269 cm³/mol. The molecule has 1 nitrogen and oxygen atoms in total. The molecule has 0 fully saturated rings. The van der Waals surface area contributed by atoms with E-state index >= 15 is 0 Å². The maximum absolute atomic E-state index is 2.45. The lowest BCUT2D eigenvalue weighted by atomic mass is 9.83. The lowest BCUT2D eigenvalue weighted by Gasteiger charge is -2.30. The van der Waals surface area contributed by atoms with E-state index in [4.69, 9.17) is 0 Å². The smallest absolute Gasteiger partial charge is 0.0540 e. The number of para-hydroxylation sites is 1. The third-order valence-corrected chi connectivity index (χ3v) is 12.3. The molecular weight excluding hydrogens is 759 g/mol. The van der Waals surface area contributed by atoms with Gasteiger partial charge >= 0.3 is 0 Å². The van der Waals surface area contributed by atoms with Gasteiger partial charge in [-0.1, -0.05) is 231 Å². The van der Waals surface area contributed by atoms with Crippen LogP contribution < -0.4 is 4.90 Å². The molecule has 0 aromatic heterocycles. The highest BCUT2D eigenvalue weighted by molar-refractivity contribution is 6.25. The van der Waals surface area contributed by atoms with Crippen molar-refractivity contribution in [3.05, 3.63) is 261 Å². The Balaban J connectivity index is 1.13. The van der Waals surface area contributed by atoms with E-state index in [0.717, 1.165) is 33.8 Å². The van der Waals surface area contributed by atoms with Crippen LogP contribution in [0.25, 0.3) is 88.3 Å². The van der Waals surface area contributed by atoms with Crippen molar-refractivity contribution >= 4 is 38.6 Å². The van der Waals surface area contributed by atoms with Crippen molar-refractivity contribution in [3.8, 4) is 66.8 Å². The number of hydrogen-bond donors (Lipinski definition) is 0. The number of hydrogen-bond acceptors (Lipinski definition) is 1. The molecule has 0 aliphatic heterocycles. The summed E-state index contributed by atoms with van der Waals surface area (Å²) in [7, 11) is 0. The molecule has 0 aliphatic carbocycles. The van der Waals surface area contributed by atoms with E-state index in [0.29, 0.717) is 0 Å². The molecule has 11 aromatic carbocycles. The maximum atomic E-state index is 2.45. The van der Waals surface area contributed by atoms with Crippen molar-refractivity contribution in [1.82, 2.24) is 0 Å². The molecule has 0 amide bonds. The molecule has 0 unspecified atom stereocenters. The van der Waals surface area contributed by atoms with E-state index < -0.39 is 0 Å². The van der Waals surface area contributed by atoms with Crippen LogP contribution in [0.15, 0.2) is 261 Å². The Morgan fingerprint density at radius 2 is 0.635 bits per heavy atom. The first-order valence-electron chi connectivity index (χ1n) is 21.7. The van der Waals surface area contributed by atoms with E-state index in [9.17, 15) is 0 Å². The van der Waals surface area contributed by atoms with Crippen LogP contribution in [0.3, 0.4) is 0 Å². The van der Waals surface area contributed by atoms with Crippen molar-refractivity contribution < 1.29 is 0 Å². The highest BCUT2D eigenvalue weighted by Gasteiger charge is 2.23. The Kier molecular flexibility index (Phi) is 9.97. The zero-order chi connectivity index (χ0) is 42.0. The summed E-state index contributed by atoms with van der Waals surface area (Å²) in [5.41, 5.74) is 17.6. The van der Waals surface area contributed by atoms with Crippen molar-refractivity contribution in [2.75, 3.05) is 4.90 Å². The largest absolute Gasteiger partial charge is 0.309 e. The topological polar surface area (TPSA) is 3.24 Å². The van der Waals surface area contributed by atoms with Crippen LogP contribution in [0.1, 0.15) is 0 Å². The average molecular weight is 802 g/mol. The summed E-state index contributed by atoms with van der Waals surface area (Å²) in [6.45, 7) is 0. The standard InChI is InChI=1S/C62H43N/c1-6-21-44(22-7-1)50-39-42-59(57(43-50)46-25-10-3-11-26-46)63(58-36-19-18-31-52(58)45-23-8-2-9-24-45)51-40-37-47(38-41-51)53-34-20-35-56-61(49-29-14-5-15-30-49)60(48-27-12-4-13-28-48)54-32-16-17-33-55(54)62(53)56/h1-43H. The number of nitrogens with zero attached hydrogens (tertiary/aromatic N) is 1. The van der Waals surface area contributed by atoms with Gasteiger partial charge in [-0.2, -0.15) is 0 Å². The van der Waals surface area contributed by atoms with Gasteiger partial charge in [0, 0.05) is 16.8 Å². The van der Waals surface area contributed by atoms with E-state index in [-0.39, 0.29) is 0 Å². The third-order valence-electron chi connectivity index (χ3n) is 12.3. The molecule has 0 bridgehead atoms. The van der Waals surface area contributed by atoms with Crippen molar-refractivity contribution in [2.24, 2.45) is 0 Å². The summed E-state index contributed by atoms with van der Waals surface area (Å²) in [4.78, 5) is 2.45. The summed E-state index contributed by atoms with van der Waals surface area (Å²) >= 11 is 0. The minimum Gasteiger partial charge on any atom is -0.309 e. The fourth-order valence-corrected chi connectivity index (χ4v) is 9.41. The first-order chi connectivity index (χ1) is 31.3. The van der Waals surface area contributed by atoms with Gasteiger partial charge < -0.3 is 4.90 Å². The predicted octanol–water partition coefficient (Wildman–Crippen LogP) is 17.5. The van der Waals surface area contributed by atoms with E-state index in [1.165, 1.54) is 71.6 Å². The van der Waals surface area contributed by atoms with Crippen molar-refractivity contribution in [2.45, 2.75) is 0 Å². The first-order valence-corrected chi connectivity index (χ1v) is 21.7. The van der Waals surface area contributed by atoms with Gasteiger partial charge in [0.15, 0.2) is 0 Å². The van der Waals surface area contributed by atoms with Gasteiger partial charge in [-0.3, -0.25) is 0 Å². The molecule has 63 heavy (non-hydrogen) atoms. The van der Waals surface area contributed by atoms with Gasteiger partial charge in [0.2, 0.25) is 0 Å². The Labute approximate surface area is 369 Å². The summed E-state index contributed by atoms with van der Waals surface area (Å²) in [6.07, 6.45) is 0. The molecule has 0 aliphatic rings. The second kappa shape index (κ2) is 16.7.